The molecule has 0 bridgehead atoms. The number of thiocarbonyl (C=S) groups is 1. The van der Waals surface area contributed by atoms with E-state index in [9.17, 15) is 0 Å². The topological polar surface area (TPSA) is 12.4 Å². The lowest BCUT2D eigenvalue weighted by Gasteiger charge is -2.00. The first-order chi connectivity index (χ1) is 4.31. The number of rotatable bonds is 4. The highest BCUT2D eigenvalue weighted by molar-refractivity contribution is 9.09. The van der Waals surface area contributed by atoms with Crippen LogP contribution in [-0.4, -0.2) is 16.5 Å². The van der Waals surface area contributed by atoms with Crippen LogP contribution in [0.2, 0.25) is 0 Å². The average Bonchev–Trinajstić information content (AvgIpc) is 1.85. The van der Waals surface area contributed by atoms with E-state index in [-0.39, 0.29) is 0 Å². The SMILES string of the molecule is CCCC(Br)CN=C=S. The molecule has 0 radical (unpaired) electrons. The van der Waals surface area contributed by atoms with E-state index in [0.717, 1.165) is 13.0 Å². The minimum absolute atomic E-state index is 0.484. The highest BCUT2D eigenvalue weighted by atomic mass is 79.9. The van der Waals surface area contributed by atoms with Crippen LogP contribution in [0.1, 0.15) is 19.8 Å². The summed E-state index contributed by atoms with van der Waals surface area (Å²) in [5, 5.41) is 2.34. The molecule has 0 fully saturated rings. The van der Waals surface area contributed by atoms with Crippen molar-refractivity contribution >= 4 is 33.3 Å². The molecule has 0 aliphatic rings. The molecule has 52 valence electrons. The molecule has 3 heteroatoms. The van der Waals surface area contributed by atoms with Gasteiger partial charge in [-0.3, -0.25) is 0 Å². The van der Waals surface area contributed by atoms with Crippen molar-refractivity contribution in [1.29, 1.82) is 0 Å². The number of nitrogens with zero attached hydrogens (tertiary/aromatic N) is 1. The van der Waals surface area contributed by atoms with E-state index in [1.54, 1.807) is 0 Å². The van der Waals surface area contributed by atoms with Crippen molar-refractivity contribution in [3.8, 4) is 0 Å². The molecule has 1 unspecified atom stereocenters. The van der Waals surface area contributed by atoms with E-state index in [0.29, 0.717) is 4.83 Å². The second-order valence-electron chi connectivity index (χ2n) is 1.82. The van der Waals surface area contributed by atoms with E-state index in [1.165, 1.54) is 6.42 Å². The van der Waals surface area contributed by atoms with Crippen molar-refractivity contribution in [2.45, 2.75) is 24.6 Å². The van der Waals surface area contributed by atoms with Crippen LogP contribution in [0.5, 0.6) is 0 Å². The van der Waals surface area contributed by atoms with Gasteiger partial charge in [-0.1, -0.05) is 29.3 Å². The average molecular weight is 208 g/mol. The monoisotopic (exact) mass is 207 g/mol. The van der Waals surface area contributed by atoms with Crippen molar-refractivity contribution in [2.24, 2.45) is 4.99 Å². The Morgan fingerprint density at radius 2 is 2.44 bits per heavy atom. The van der Waals surface area contributed by atoms with Gasteiger partial charge in [-0.15, -0.1) is 0 Å². The van der Waals surface area contributed by atoms with Gasteiger partial charge in [-0.25, -0.2) is 4.99 Å². The Kier molecular flexibility index (Phi) is 6.60. The van der Waals surface area contributed by atoms with Gasteiger partial charge in [-0.05, 0) is 18.6 Å². The van der Waals surface area contributed by atoms with Gasteiger partial charge in [-0.2, -0.15) is 0 Å². The van der Waals surface area contributed by atoms with Crippen LogP contribution >= 0.6 is 28.1 Å². The van der Waals surface area contributed by atoms with Crippen LogP contribution in [0.4, 0.5) is 0 Å². The first kappa shape index (κ1) is 9.28. The number of isothiocyanates is 1. The van der Waals surface area contributed by atoms with Crippen LogP contribution in [0.15, 0.2) is 4.99 Å². The summed E-state index contributed by atoms with van der Waals surface area (Å²) in [5.41, 5.74) is 0. The van der Waals surface area contributed by atoms with Gasteiger partial charge < -0.3 is 0 Å². The predicted molar refractivity (Wildman–Crippen MR) is 47.5 cm³/mol. The van der Waals surface area contributed by atoms with Crippen LogP contribution in [0.25, 0.3) is 0 Å². The van der Waals surface area contributed by atoms with Crippen molar-refractivity contribution in [1.82, 2.24) is 0 Å². The summed E-state index contributed by atoms with van der Waals surface area (Å²) in [6.45, 7) is 2.91. The lowest BCUT2D eigenvalue weighted by atomic mass is 10.2. The molecule has 0 amide bonds. The summed E-state index contributed by atoms with van der Waals surface area (Å²) in [6.07, 6.45) is 2.34. The van der Waals surface area contributed by atoms with E-state index < -0.39 is 0 Å². The molecule has 0 N–H and O–H groups in total. The van der Waals surface area contributed by atoms with Gasteiger partial charge >= 0.3 is 0 Å². The number of halogens is 1. The molecule has 0 aliphatic heterocycles. The maximum absolute atomic E-state index is 4.42. The minimum atomic E-state index is 0.484. The fourth-order valence-electron chi connectivity index (χ4n) is 0.541. The standard InChI is InChI=1S/C6H10BrNS/c1-2-3-6(7)4-8-5-9/h6H,2-4H2,1H3. The quantitative estimate of drug-likeness (QED) is 0.393. The molecule has 0 aliphatic carbocycles. The number of alkyl halides is 1. The maximum atomic E-state index is 4.42. The highest BCUT2D eigenvalue weighted by Gasteiger charge is 1.98. The van der Waals surface area contributed by atoms with Gasteiger partial charge in [0.25, 0.3) is 0 Å². The lowest BCUT2D eigenvalue weighted by Crippen LogP contribution is -2.00. The van der Waals surface area contributed by atoms with Crippen molar-refractivity contribution < 1.29 is 0 Å². The van der Waals surface area contributed by atoms with Crippen LogP contribution in [-0.2, 0) is 0 Å². The Morgan fingerprint density at radius 3 is 2.89 bits per heavy atom. The van der Waals surface area contributed by atoms with E-state index >= 15 is 0 Å². The molecule has 0 spiro atoms. The fourth-order valence-corrected chi connectivity index (χ4v) is 1.22. The number of hydrogen-bond donors (Lipinski definition) is 0. The molecule has 0 heterocycles. The van der Waals surface area contributed by atoms with Gasteiger partial charge in [0.1, 0.15) is 0 Å². The summed E-state index contributed by atoms with van der Waals surface area (Å²) >= 11 is 7.88. The fraction of sp³-hybridized carbons (Fsp3) is 0.833. The Hall–Kier alpha value is 0.280. The largest absolute Gasteiger partial charge is 0.231 e. The Morgan fingerprint density at radius 1 is 1.78 bits per heavy atom. The molecule has 9 heavy (non-hydrogen) atoms. The Labute approximate surface area is 69.7 Å². The number of hydrogen-bond acceptors (Lipinski definition) is 2. The molecule has 0 aromatic heterocycles. The van der Waals surface area contributed by atoms with Crippen molar-refractivity contribution in [3.63, 3.8) is 0 Å². The first-order valence-electron chi connectivity index (χ1n) is 2.99. The van der Waals surface area contributed by atoms with Crippen molar-refractivity contribution in [2.75, 3.05) is 6.54 Å². The van der Waals surface area contributed by atoms with Gasteiger partial charge in [0.2, 0.25) is 0 Å². The zero-order chi connectivity index (χ0) is 7.11. The third-order valence-electron chi connectivity index (χ3n) is 0.956. The highest BCUT2D eigenvalue weighted by Crippen LogP contribution is 2.06. The van der Waals surface area contributed by atoms with Gasteiger partial charge in [0.15, 0.2) is 0 Å². The minimum Gasteiger partial charge on any atom is -0.231 e. The third kappa shape index (κ3) is 6.16. The summed E-state index contributed by atoms with van der Waals surface area (Å²) in [4.78, 5) is 4.29. The molecule has 0 rings (SSSR count). The molecule has 0 aromatic rings. The summed E-state index contributed by atoms with van der Waals surface area (Å²) in [6, 6.07) is 0. The molecule has 1 atom stereocenters. The van der Waals surface area contributed by atoms with Gasteiger partial charge in [0.05, 0.1) is 11.7 Å². The van der Waals surface area contributed by atoms with E-state index in [2.05, 4.69) is 45.2 Å². The molecule has 0 aromatic carbocycles. The normalized spacial score (nSPS) is 12.2. The summed E-state index contributed by atoms with van der Waals surface area (Å²) in [5.74, 6) is 0. The van der Waals surface area contributed by atoms with E-state index in [4.69, 9.17) is 0 Å². The summed E-state index contributed by atoms with van der Waals surface area (Å²) < 4.78 is 0. The maximum Gasteiger partial charge on any atom is 0.0618 e. The van der Waals surface area contributed by atoms with Crippen molar-refractivity contribution in [3.05, 3.63) is 0 Å². The molecular weight excluding hydrogens is 198 g/mol. The van der Waals surface area contributed by atoms with Gasteiger partial charge in [0, 0.05) is 4.83 Å². The smallest absolute Gasteiger partial charge is 0.0618 e. The summed E-state index contributed by atoms with van der Waals surface area (Å²) in [7, 11) is 0. The predicted octanol–water partition coefficient (Wildman–Crippen LogP) is 2.65. The van der Waals surface area contributed by atoms with E-state index in [1.807, 2.05) is 0 Å². The zero-order valence-electron chi connectivity index (χ0n) is 5.43. The number of aliphatic imine (C=N–C) groups is 1. The molecular formula is C6H10BrNS. The third-order valence-corrected chi connectivity index (χ3v) is 1.83. The van der Waals surface area contributed by atoms with Crippen LogP contribution in [0.3, 0.4) is 0 Å². The second kappa shape index (κ2) is 6.40. The first-order valence-corrected chi connectivity index (χ1v) is 4.31. The Bertz CT molecular complexity index is 110. The Balaban J connectivity index is 3.25. The lowest BCUT2D eigenvalue weighted by molar-refractivity contribution is 0.756. The second-order valence-corrected chi connectivity index (χ2v) is 3.30. The van der Waals surface area contributed by atoms with Crippen LogP contribution < -0.4 is 0 Å². The molecule has 0 saturated carbocycles. The zero-order valence-corrected chi connectivity index (χ0v) is 7.83. The van der Waals surface area contributed by atoms with Crippen LogP contribution in [0, 0.1) is 0 Å². The molecule has 1 nitrogen and oxygen atoms in total. The molecule has 0 saturated heterocycles.